The summed E-state index contributed by atoms with van der Waals surface area (Å²) in [6, 6.07) is 7.34. The molecule has 1 aromatic heterocycles. The largest absolute Gasteiger partial charge is 0.339 e. The number of nitrogens with one attached hydrogen (secondary N) is 1. The van der Waals surface area contributed by atoms with Crippen LogP contribution in [0.1, 0.15) is 47.4 Å². The van der Waals surface area contributed by atoms with Gasteiger partial charge in [0.05, 0.1) is 17.2 Å². The molecule has 0 bridgehead atoms. The minimum absolute atomic E-state index is 0.00460. The van der Waals surface area contributed by atoms with Gasteiger partial charge in [-0.15, -0.1) is 11.3 Å². The van der Waals surface area contributed by atoms with Crippen LogP contribution in [0, 0.1) is 0 Å². The highest BCUT2D eigenvalue weighted by molar-refractivity contribution is 7.09. The van der Waals surface area contributed by atoms with E-state index in [1.165, 1.54) is 0 Å². The molecule has 0 aliphatic carbocycles. The van der Waals surface area contributed by atoms with E-state index < -0.39 is 0 Å². The molecule has 1 aromatic carbocycles. The van der Waals surface area contributed by atoms with E-state index in [1.54, 1.807) is 47.4 Å². The smallest absolute Gasteiger partial charge is 0.317 e. The van der Waals surface area contributed by atoms with Crippen molar-refractivity contribution in [1.29, 1.82) is 0 Å². The fraction of sp³-hybridized carbons (Fsp3) is 0.450. The number of aromatic nitrogens is 1. The first kappa shape index (κ1) is 20.9. The summed E-state index contributed by atoms with van der Waals surface area (Å²) in [6.07, 6.45) is 0.909. The second kappa shape index (κ2) is 9.50. The Labute approximate surface area is 165 Å². The molecule has 0 aliphatic heterocycles. The van der Waals surface area contributed by atoms with Gasteiger partial charge in [0.15, 0.2) is 0 Å². The summed E-state index contributed by atoms with van der Waals surface area (Å²) in [7, 11) is 3.55. The maximum absolute atomic E-state index is 12.3. The van der Waals surface area contributed by atoms with Crippen molar-refractivity contribution in [3.05, 3.63) is 51.5 Å². The molecule has 1 heterocycles. The summed E-state index contributed by atoms with van der Waals surface area (Å²) in [5.74, 6) is -0.00460. The molecular weight excluding hydrogens is 360 g/mol. The van der Waals surface area contributed by atoms with Crippen LogP contribution in [-0.2, 0) is 19.5 Å². The molecule has 0 radical (unpaired) electrons. The van der Waals surface area contributed by atoms with Gasteiger partial charge in [0, 0.05) is 37.6 Å². The Hall–Kier alpha value is -2.41. The predicted molar refractivity (Wildman–Crippen MR) is 109 cm³/mol. The molecule has 0 fully saturated rings. The Kier molecular flexibility index (Phi) is 7.36. The number of hydrogen-bond acceptors (Lipinski definition) is 4. The van der Waals surface area contributed by atoms with Crippen molar-refractivity contribution in [2.24, 2.45) is 0 Å². The van der Waals surface area contributed by atoms with Crippen LogP contribution in [0.25, 0.3) is 0 Å². The average molecular weight is 389 g/mol. The standard InChI is InChI=1S/C20H28N4O2S/c1-6-18-22-17(13-27-18)12-23(4)20(26)21-11-15-7-9-16(10-8-15)19(25)24(5)14(2)3/h7-10,13-14H,6,11-12H2,1-5H3,(H,21,26). The van der Waals surface area contributed by atoms with Crippen LogP contribution in [0.4, 0.5) is 4.79 Å². The SMILES string of the molecule is CCc1nc(CN(C)C(=O)NCc2ccc(C(=O)N(C)C(C)C)cc2)cs1. The van der Waals surface area contributed by atoms with Crippen molar-refractivity contribution < 1.29 is 9.59 Å². The second-order valence-electron chi connectivity index (χ2n) is 6.81. The summed E-state index contributed by atoms with van der Waals surface area (Å²) < 4.78 is 0. The summed E-state index contributed by atoms with van der Waals surface area (Å²) in [4.78, 5) is 32.4. The van der Waals surface area contributed by atoms with Crippen LogP contribution in [0.2, 0.25) is 0 Å². The Balaban J connectivity index is 1.86. The Morgan fingerprint density at radius 1 is 1.19 bits per heavy atom. The Morgan fingerprint density at radius 2 is 1.85 bits per heavy atom. The molecule has 0 aliphatic rings. The number of hydrogen-bond donors (Lipinski definition) is 1. The maximum atomic E-state index is 12.3. The molecule has 0 spiro atoms. The maximum Gasteiger partial charge on any atom is 0.317 e. The van der Waals surface area contributed by atoms with E-state index in [2.05, 4.69) is 17.2 Å². The molecule has 146 valence electrons. The molecule has 1 N–H and O–H groups in total. The molecule has 0 atom stereocenters. The van der Waals surface area contributed by atoms with Gasteiger partial charge in [0.25, 0.3) is 5.91 Å². The summed E-state index contributed by atoms with van der Waals surface area (Å²) in [5.41, 5.74) is 2.50. The van der Waals surface area contributed by atoms with Gasteiger partial charge in [-0.25, -0.2) is 9.78 Å². The van der Waals surface area contributed by atoms with Crippen LogP contribution in [0.15, 0.2) is 29.6 Å². The van der Waals surface area contributed by atoms with E-state index in [0.717, 1.165) is 22.7 Å². The molecule has 0 unspecified atom stereocenters. The summed E-state index contributed by atoms with van der Waals surface area (Å²) in [5, 5.41) is 5.97. The van der Waals surface area contributed by atoms with E-state index >= 15 is 0 Å². The number of rotatable bonds is 7. The number of amides is 3. The molecule has 2 rings (SSSR count). The third-order valence-electron chi connectivity index (χ3n) is 4.39. The molecule has 0 saturated carbocycles. The first-order chi connectivity index (χ1) is 12.8. The van der Waals surface area contributed by atoms with Gasteiger partial charge in [-0.05, 0) is 38.0 Å². The highest BCUT2D eigenvalue weighted by atomic mass is 32.1. The highest BCUT2D eigenvalue weighted by Crippen LogP contribution is 2.12. The fourth-order valence-corrected chi connectivity index (χ4v) is 3.15. The van der Waals surface area contributed by atoms with E-state index in [4.69, 9.17) is 0 Å². The van der Waals surface area contributed by atoms with Crippen LogP contribution in [-0.4, -0.2) is 46.9 Å². The second-order valence-corrected chi connectivity index (χ2v) is 7.75. The third kappa shape index (κ3) is 5.79. The van der Waals surface area contributed by atoms with Crippen molar-refractivity contribution in [1.82, 2.24) is 20.1 Å². The zero-order chi connectivity index (χ0) is 20.0. The normalized spacial score (nSPS) is 10.7. The lowest BCUT2D eigenvalue weighted by Gasteiger charge is -2.21. The van der Waals surface area contributed by atoms with Gasteiger partial charge in [-0.2, -0.15) is 0 Å². The molecule has 27 heavy (non-hydrogen) atoms. The molecule has 0 saturated heterocycles. The van der Waals surface area contributed by atoms with Gasteiger partial charge in [-0.1, -0.05) is 19.1 Å². The van der Waals surface area contributed by atoms with Crippen molar-refractivity contribution in [2.75, 3.05) is 14.1 Å². The third-order valence-corrected chi connectivity index (χ3v) is 5.43. The van der Waals surface area contributed by atoms with Crippen molar-refractivity contribution >= 4 is 23.3 Å². The number of urea groups is 1. The minimum Gasteiger partial charge on any atom is -0.339 e. The van der Waals surface area contributed by atoms with E-state index in [-0.39, 0.29) is 18.0 Å². The van der Waals surface area contributed by atoms with Crippen LogP contribution >= 0.6 is 11.3 Å². The van der Waals surface area contributed by atoms with Gasteiger partial charge < -0.3 is 15.1 Å². The van der Waals surface area contributed by atoms with Crippen molar-refractivity contribution in [2.45, 2.75) is 46.3 Å². The topological polar surface area (TPSA) is 65.5 Å². The lowest BCUT2D eigenvalue weighted by molar-refractivity contribution is 0.0755. The molecule has 2 aromatic rings. The molecule has 6 nitrogen and oxygen atoms in total. The monoisotopic (exact) mass is 388 g/mol. The average Bonchev–Trinajstić information content (AvgIpc) is 3.12. The lowest BCUT2D eigenvalue weighted by Crippen LogP contribution is -2.36. The summed E-state index contributed by atoms with van der Waals surface area (Å²) >= 11 is 1.62. The highest BCUT2D eigenvalue weighted by Gasteiger charge is 2.14. The van der Waals surface area contributed by atoms with Crippen LogP contribution in [0.5, 0.6) is 0 Å². The summed E-state index contributed by atoms with van der Waals surface area (Å²) in [6.45, 7) is 6.92. The number of carbonyl (C=O) groups is 2. The van der Waals surface area contributed by atoms with Crippen molar-refractivity contribution in [3.8, 4) is 0 Å². The number of aryl methyl sites for hydroxylation is 1. The van der Waals surface area contributed by atoms with Gasteiger partial charge >= 0.3 is 6.03 Å². The number of nitrogens with zero attached hydrogens (tertiary/aromatic N) is 3. The first-order valence-electron chi connectivity index (χ1n) is 9.10. The fourth-order valence-electron chi connectivity index (χ4n) is 2.41. The molecule has 3 amide bonds. The molecular formula is C20H28N4O2S. The lowest BCUT2D eigenvalue weighted by atomic mass is 10.1. The number of benzene rings is 1. The number of thiazole rings is 1. The van der Waals surface area contributed by atoms with Gasteiger partial charge in [-0.3, -0.25) is 4.79 Å². The van der Waals surface area contributed by atoms with Gasteiger partial charge in [0.1, 0.15) is 0 Å². The van der Waals surface area contributed by atoms with Crippen molar-refractivity contribution in [3.63, 3.8) is 0 Å². The van der Waals surface area contributed by atoms with E-state index in [9.17, 15) is 9.59 Å². The first-order valence-corrected chi connectivity index (χ1v) is 9.98. The zero-order valence-corrected chi connectivity index (χ0v) is 17.5. The van der Waals surface area contributed by atoms with Crippen LogP contribution in [0.3, 0.4) is 0 Å². The molecule has 7 heteroatoms. The predicted octanol–water partition coefficient (Wildman–Crippen LogP) is 3.53. The zero-order valence-electron chi connectivity index (χ0n) is 16.7. The number of carbonyl (C=O) groups excluding carboxylic acids is 2. The Morgan fingerprint density at radius 3 is 2.41 bits per heavy atom. The Bertz CT molecular complexity index is 771. The minimum atomic E-state index is -0.152. The van der Waals surface area contributed by atoms with E-state index in [1.807, 2.05) is 31.4 Å². The quantitative estimate of drug-likeness (QED) is 0.789. The van der Waals surface area contributed by atoms with Gasteiger partial charge in [0.2, 0.25) is 0 Å². The van der Waals surface area contributed by atoms with Crippen LogP contribution < -0.4 is 5.32 Å². The van der Waals surface area contributed by atoms with E-state index in [0.29, 0.717) is 18.7 Å².